The molecule has 2 rings (SSSR count). The lowest BCUT2D eigenvalue weighted by Gasteiger charge is -2.40. The number of ether oxygens (including phenoxy) is 2. The Kier molecular flexibility index (Phi) is 7.97. The number of hydrogen-bond donors (Lipinski definition) is 1. The second-order valence-electron chi connectivity index (χ2n) is 8.58. The van der Waals surface area contributed by atoms with Gasteiger partial charge in [0, 0.05) is 11.9 Å². The minimum atomic E-state index is -2.28. The summed E-state index contributed by atoms with van der Waals surface area (Å²) in [6.45, 7) is 12.7. The summed E-state index contributed by atoms with van der Waals surface area (Å²) in [4.78, 5) is 13.0. The minimum absolute atomic E-state index is 0.0705. The van der Waals surface area contributed by atoms with Crippen LogP contribution in [-0.2, 0) is 14.0 Å². The summed E-state index contributed by atoms with van der Waals surface area (Å²) in [5.41, 5.74) is 1.61. The molecule has 164 valence electrons. The smallest absolute Gasteiger partial charge is 0.336 e. The number of aromatic nitrogens is 2. The van der Waals surface area contributed by atoms with Crippen LogP contribution in [0, 0.1) is 0 Å². The number of benzene rings is 1. The van der Waals surface area contributed by atoms with Crippen molar-refractivity contribution < 1.29 is 18.7 Å². The summed E-state index contributed by atoms with van der Waals surface area (Å²) in [6.07, 6.45) is 2.41. The van der Waals surface area contributed by atoms with Crippen molar-refractivity contribution in [1.29, 1.82) is 0 Å². The molecule has 1 heterocycles. The van der Waals surface area contributed by atoms with E-state index >= 15 is 0 Å². The van der Waals surface area contributed by atoms with Gasteiger partial charge in [0.25, 0.3) is 0 Å². The molecule has 0 spiro atoms. The predicted molar refractivity (Wildman–Crippen MR) is 120 cm³/mol. The molecule has 2 atom stereocenters. The van der Waals surface area contributed by atoms with E-state index in [9.17, 15) is 4.79 Å². The highest BCUT2D eigenvalue weighted by Crippen LogP contribution is 2.39. The number of carbonyl (C=O) groups excluding carboxylic acids is 1. The van der Waals surface area contributed by atoms with Crippen LogP contribution >= 0.6 is 0 Å². The highest BCUT2D eigenvalue weighted by atomic mass is 28.4. The molecule has 0 fully saturated rings. The molecule has 0 bridgehead atoms. The fraction of sp³-hybridized carbons (Fsp3) is 0.500. The average Bonchev–Trinajstić information content (AvgIpc) is 2.71. The van der Waals surface area contributed by atoms with Gasteiger partial charge in [-0.2, -0.15) is 10.2 Å². The summed E-state index contributed by atoms with van der Waals surface area (Å²) < 4.78 is 17.2. The number of carbonyl (C=O) groups is 1. The van der Waals surface area contributed by atoms with Crippen LogP contribution in [0.2, 0.25) is 18.1 Å². The fourth-order valence-electron chi connectivity index (χ4n) is 2.66. The number of methoxy groups -OCH3 is 1. The molecule has 0 amide bonds. The van der Waals surface area contributed by atoms with Gasteiger partial charge in [-0.3, -0.25) is 0 Å². The Bertz CT molecular complexity index is 807. The maximum atomic E-state index is 13.0. The van der Waals surface area contributed by atoms with Crippen LogP contribution < -0.4 is 10.1 Å². The molecule has 0 unspecified atom stereocenters. The van der Waals surface area contributed by atoms with Crippen molar-refractivity contribution in [1.82, 2.24) is 10.2 Å². The predicted octanol–water partition coefficient (Wildman–Crippen LogP) is 4.59. The van der Waals surface area contributed by atoms with Crippen molar-refractivity contribution in [3.63, 3.8) is 0 Å². The quantitative estimate of drug-likeness (QED) is 0.459. The van der Waals surface area contributed by atoms with E-state index in [2.05, 4.69) is 49.4 Å². The van der Waals surface area contributed by atoms with E-state index in [1.54, 1.807) is 26.4 Å². The summed E-state index contributed by atoms with van der Waals surface area (Å²) in [5.74, 6) is 0.354. The van der Waals surface area contributed by atoms with Crippen LogP contribution in [0.3, 0.4) is 0 Å². The molecular weight excluding hydrogens is 398 g/mol. The first-order chi connectivity index (χ1) is 14.1. The second kappa shape index (κ2) is 10.0. The SMILES string of the molecule is CCOC(=O)[C@@H](O[Si](C)(C)C(C)(C)C)[C@@H](Nc1ccc(OC)cc1)c1ccnnc1. The van der Waals surface area contributed by atoms with Gasteiger partial charge >= 0.3 is 5.97 Å². The highest BCUT2D eigenvalue weighted by Gasteiger charge is 2.44. The zero-order chi connectivity index (χ0) is 22.4. The van der Waals surface area contributed by atoms with Gasteiger partial charge in [-0.05, 0) is 61.0 Å². The number of hydrogen-bond acceptors (Lipinski definition) is 7. The largest absolute Gasteiger partial charge is 0.497 e. The van der Waals surface area contributed by atoms with Gasteiger partial charge in [0.2, 0.25) is 0 Å². The summed E-state index contributed by atoms with van der Waals surface area (Å²) in [7, 11) is -0.662. The van der Waals surface area contributed by atoms with Gasteiger partial charge in [-0.15, -0.1) is 0 Å². The molecule has 0 saturated carbocycles. The first-order valence-corrected chi connectivity index (χ1v) is 13.0. The number of esters is 1. The molecular formula is C22H33N3O4Si. The van der Waals surface area contributed by atoms with E-state index < -0.39 is 26.4 Å². The van der Waals surface area contributed by atoms with Crippen molar-refractivity contribution in [2.45, 2.75) is 58.0 Å². The van der Waals surface area contributed by atoms with E-state index in [4.69, 9.17) is 13.9 Å². The third-order valence-corrected chi connectivity index (χ3v) is 9.88. The maximum Gasteiger partial charge on any atom is 0.336 e. The fourth-order valence-corrected chi connectivity index (χ4v) is 3.88. The standard InChI is InChI=1S/C22H33N3O4Si/c1-8-28-21(26)20(29-30(6,7)22(2,3)4)19(16-13-14-23-24-15-16)25-17-9-11-18(27-5)12-10-17/h9-15,19-20,25H,8H2,1-7H3/t19-,20-/m0/s1. The van der Waals surface area contributed by atoms with Crippen molar-refractivity contribution in [3.8, 4) is 5.75 Å². The Morgan fingerprint density at radius 3 is 2.30 bits per heavy atom. The Balaban J connectivity index is 2.46. The van der Waals surface area contributed by atoms with Gasteiger partial charge in [0.15, 0.2) is 14.4 Å². The Labute approximate surface area is 180 Å². The lowest BCUT2D eigenvalue weighted by molar-refractivity contribution is -0.152. The molecule has 0 aliphatic heterocycles. The molecule has 0 aliphatic carbocycles. The zero-order valence-electron chi connectivity index (χ0n) is 18.9. The van der Waals surface area contributed by atoms with Gasteiger partial charge in [0.05, 0.1) is 26.0 Å². The normalized spacial score (nSPS) is 14.0. The maximum absolute atomic E-state index is 13.0. The lowest BCUT2D eigenvalue weighted by atomic mass is 10.0. The highest BCUT2D eigenvalue weighted by molar-refractivity contribution is 6.74. The molecule has 0 saturated heterocycles. The minimum Gasteiger partial charge on any atom is -0.497 e. The van der Waals surface area contributed by atoms with E-state index in [-0.39, 0.29) is 11.6 Å². The third kappa shape index (κ3) is 6.02. The Morgan fingerprint density at radius 2 is 1.80 bits per heavy atom. The number of nitrogens with one attached hydrogen (secondary N) is 1. The summed E-state index contributed by atoms with van der Waals surface area (Å²) in [6, 6.07) is 8.85. The summed E-state index contributed by atoms with van der Waals surface area (Å²) >= 11 is 0. The van der Waals surface area contributed by atoms with Crippen molar-refractivity contribution >= 4 is 20.0 Å². The molecule has 0 aliphatic rings. The van der Waals surface area contributed by atoms with E-state index in [0.717, 1.165) is 17.0 Å². The lowest BCUT2D eigenvalue weighted by Crippen LogP contribution is -2.49. The van der Waals surface area contributed by atoms with Crippen LogP contribution in [0.15, 0.2) is 42.7 Å². The first-order valence-electron chi connectivity index (χ1n) is 10.1. The van der Waals surface area contributed by atoms with Crippen LogP contribution in [-0.4, -0.2) is 44.3 Å². The topological polar surface area (TPSA) is 82.6 Å². The molecule has 7 nitrogen and oxygen atoms in total. The molecule has 30 heavy (non-hydrogen) atoms. The van der Waals surface area contributed by atoms with Crippen LogP contribution in [0.5, 0.6) is 5.75 Å². The van der Waals surface area contributed by atoms with E-state index in [0.29, 0.717) is 0 Å². The molecule has 0 radical (unpaired) electrons. The van der Waals surface area contributed by atoms with Crippen molar-refractivity contribution in [3.05, 3.63) is 48.3 Å². The molecule has 1 N–H and O–H groups in total. The van der Waals surface area contributed by atoms with Crippen molar-refractivity contribution in [2.24, 2.45) is 0 Å². The van der Waals surface area contributed by atoms with Crippen molar-refractivity contribution in [2.75, 3.05) is 19.0 Å². The van der Waals surface area contributed by atoms with E-state index in [1.807, 2.05) is 30.3 Å². The Hall–Kier alpha value is -2.45. The molecule has 8 heteroatoms. The average molecular weight is 432 g/mol. The van der Waals surface area contributed by atoms with Crippen LogP contribution in [0.1, 0.15) is 39.3 Å². The molecule has 1 aromatic carbocycles. The zero-order valence-corrected chi connectivity index (χ0v) is 19.9. The third-order valence-electron chi connectivity index (χ3n) is 5.43. The second-order valence-corrected chi connectivity index (χ2v) is 13.3. The van der Waals surface area contributed by atoms with Gasteiger partial charge in [0.1, 0.15) is 5.75 Å². The number of nitrogens with zero attached hydrogens (tertiary/aromatic N) is 2. The number of rotatable bonds is 9. The van der Waals surface area contributed by atoms with Crippen LogP contribution in [0.25, 0.3) is 0 Å². The van der Waals surface area contributed by atoms with Gasteiger partial charge in [-0.25, -0.2) is 4.79 Å². The van der Waals surface area contributed by atoms with Gasteiger partial charge < -0.3 is 19.2 Å². The monoisotopic (exact) mass is 431 g/mol. The first kappa shape index (κ1) is 23.8. The van der Waals surface area contributed by atoms with Gasteiger partial charge in [-0.1, -0.05) is 20.8 Å². The van der Waals surface area contributed by atoms with Crippen LogP contribution in [0.4, 0.5) is 5.69 Å². The summed E-state index contributed by atoms with van der Waals surface area (Å²) in [5, 5.41) is 11.2. The molecule has 2 aromatic rings. The Morgan fingerprint density at radius 1 is 1.13 bits per heavy atom. The molecule has 1 aromatic heterocycles. The number of anilines is 1. The van der Waals surface area contributed by atoms with E-state index in [1.165, 1.54) is 0 Å².